The maximum absolute atomic E-state index is 12.4. The van der Waals surface area contributed by atoms with Crippen molar-refractivity contribution in [3.63, 3.8) is 0 Å². The molecule has 2 aromatic rings. The summed E-state index contributed by atoms with van der Waals surface area (Å²) in [4.78, 5) is 25.0. The summed E-state index contributed by atoms with van der Waals surface area (Å²) in [6.07, 6.45) is 3.09. The Morgan fingerprint density at radius 1 is 1.33 bits per heavy atom. The molecule has 5 nitrogen and oxygen atoms in total. The monoisotopic (exact) mass is 306 g/mol. The van der Waals surface area contributed by atoms with Gasteiger partial charge in [0.15, 0.2) is 0 Å². The summed E-state index contributed by atoms with van der Waals surface area (Å²) in [7, 11) is 0. The van der Waals surface area contributed by atoms with Gasteiger partial charge in [-0.05, 0) is 36.4 Å². The molecule has 0 bridgehead atoms. The fourth-order valence-electron chi connectivity index (χ4n) is 2.85. The number of aliphatic carboxylic acids is 1. The summed E-state index contributed by atoms with van der Waals surface area (Å²) in [5, 5.41) is 10.8. The van der Waals surface area contributed by atoms with E-state index in [2.05, 4.69) is 0 Å². The SMILES string of the molecule is O=C(O)C1CCCN1C(=O)Cn1ccc2ccc(Cl)cc21. The highest BCUT2D eigenvalue weighted by Gasteiger charge is 2.33. The number of fused-ring (bicyclic) bond motifs is 1. The zero-order valence-electron chi connectivity index (χ0n) is 11.3. The maximum atomic E-state index is 12.4. The molecule has 0 spiro atoms. The number of carboxylic acids is 1. The van der Waals surface area contributed by atoms with E-state index in [1.807, 2.05) is 24.4 Å². The molecular weight excluding hydrogens is 292 g/mol. The highest BCUT2D eigenvalue weighted by atomic mass is 35.5. The third-order valence-corrected chi connectivity index (χ3v) is 4.13. The summed E-state index contributed by atoms with van der Waals surface area (Å²) in [6, 6.07) is 6.73. The molecule has 1 N–H and O–H groups in total. The van der Waals surface area contributed by atoms with Gasteiger partial charge in [-0.15, -0.1) is 0 Å². The molecule has 1 aromatic heterocycles. The zero-order chi connectivity index (χ0) is 15.0. The fraction of sp³-hybridized carbons (Fsp3) is 0.333. The van der Waals surface area contributed by atoms with Gasteiger partial charge in [-0.3, -0.25) is 4.79 Å². The van der Waals surface area contributed by atoms with Gasteiger partial charge in [0.05, 0.1) is 0 Å². The second kappa shape index (κ2) is 5.41. The third-order valence-electron chi connectivity index (χ3n) is 3.90. The molecule has 0 saturated carbocycles. The Morgan fingerprint density at radius 3 is 2.90 bits per heavy atom. The van der Waals surface area contributed by atoms with Crippen molar-refractivity contribution in [3.05, 3.63) is 35.5 Å². The Bertz CT molecular complexity index is 710. The minimum atomic E-state index is -0.929. The zero-order valence-corrected chi connectivity index (χ0v) is 12.1. The van der Waals surface area contributed by atoms with E-state index in [0.29, 0.717) is 18.0 Å². The summed E-state index contributed by atoms with van der Waals surface area (Å²) >= 11 is 5.99. The van der Waals surface area contributed by atoms with Crippen LogP contribution >= 0.6 is 11.6 Å². The maximum Gasteiger partial charge on any atom is 0.326 e. The minimum Gasteiger partial charge on any atom is -0.480 e. The smallest absolute Gasteiger partial charge is 0.326 e. The number of hydrogen-bond donors (Lipinski definition) is 1. The average molecular weight is 307 g/mol. The van der Waals surface area contributed by atoms with Gasteiger partial charge in [-0.25, -0.2) is 4.79 Å². The number of aromatic nitrogens is 1. The number of halogens is 1. The molecule has 3 rings (SSSR count). The normalized spacial score (nSPS) is 18.3. The summed E-state index contributed by atoms with van der Waals surface area (Å²) in [5.41, 5.74) is 0.877. The van der Waals surface area contributed by atoms with Gasteiger partial charge in [-0.2, -0.15) is 0 Å². The Morgan fingerprint density at radius 2 is 2.14 bits per heavy atom. The van der Waals surface area contributed by atoms with Crippen molar-refractivity contribution in [2.24, 2.45) is 0 Å². The van der Waals surface area contributed by atoms with Gasteiger partial charge in [0.2, 0.25) is 5.91 Å². The number of hydrogen-bond acceptors (Lipinski definition) is 2. The first kappa shape index (κ1) is 13.9. The van der Waals surface area contributed by atoms with Crippen LogP contribution in [0.3, 0.4) is 0 Å². The van der Waals surface area contributed by atoms with Crippen molar-refractivity contribution < 1.29 is 14.7 Å². The second-order valence-electron chi connectivity index (χ2n) is 5.23. The first-order valence-corrected chi connectivity index (χ1v) is 7.21. The highest BCUT2D eigenvalue weighted by molar-refractivity contribution is 6.31. The number of amides is 1. The lowest BCUT2D eigenvalue weighted by Crippen LogP contribution is -2.41. The van der Waals surface area contributed by atoms with Gasteiger partial charge in [0.25, 0.3) is 0 Å². The van der Waals surface area contributed by atoms with Crippen LogP contribution in [-0.4, -0.2) is 39.0 Å². The van der Waals surface area contributed by atoms with Crippen LogP contribution in [0.25, 0.3) is 10.9 Å². The third kappa shape index (κ3) is 2.61. The fourth-order valence-corrected chi connectivity index (χ4v) is 3.02. The molecule has 1 aliphatic rings. The molecule has 1 fully saturated rings. The Kier molecular flexibility index (Phi) is 3.59. The van der Waals surface area contributed by atoms with E-state index in [-0.39, 0.29) is 12.5 Å². The van der Waals surface area contributed by atoms with E-state index in [1.54, 1.807) is 10.6 Å². The lowest BCUT2D eigenvalue weighted by molar-refractivity contribution is -0.148. The number of carbonyl (C=O) groups is 2. The van der Waals surface area contributed by atoms with Crippen molar-refractivity contribution >= 4 is 34.4 Å². The van der Waals surface area contributed by atoms with E-state index in [4.69, 9.17) is 16.7 Å². The van der Waals surface area contributed by atoms with Crippen LogP contribution in [0, 0.1) is 0 Å². The molecule has 110 valence electrons. The molecular formula is C15H15ClN2O3. The molecule has 0 radical (unpaired) electrons. The van der Waals surface area contributed by atoms with Crippen molar-refractivity contribution in [2.75, 3.05) is 6.54 Å². The van der Waals surface area contributed by atoms with E-state index in [9.17, 15) is 9.59 Å². The molecule has 1 unspecified atom stereocenters. The van der Waals surface area contributed by atoms with Crippen LogP contribution < -0.4 is 0 Å². The molecule has 2 heterocycles. The van der Waals surface area contributed by atoms with Gasteiger partial charge in [0.1, 0.15) is 12.6 Å². The van der Waals surface area contributed by atoms with Crippen molar-refractivity contribution in [1.29, 1.82) is 0 Å². The van der Waals surface area contributed by atoms with Gasteiger partial charge in [-0.1, -0.05) is 17.7 Å². The van der Waals surface area contributed by atoms with Crippen molar-refractivity contribution in [3.8, 4) is 0 Å². The van der Waals surface area contributed by atoms with Crippen molar-refractivity contribution in [1.82, 2.24) is 9.47 Å². The molecule has 21 heavy (non-hydrogen) atoms. The summed E-state index contributed by atoms with van der Waals surface area (Å²) in [5.74, 6) is -1.10. The van der Waals surface area contributed by atoms with Gasteiger partial charge >= 0.3 is 5.97 Å². The Balaban J connectivity index is 1.83. The summed E-state index contributed by atoms with van der Waals surface area (Å²) < 4.78 is 1.81. The molecule has 1 aliphatic heterocycles. The number of likely N-dealkylation sites (tertiary alicyclic amines) is 1. The van der Waals surface area contributed by atoms with E-state index >= 15 is 0 Å². The Hall–Kier alpha value is -2.01. The van der Waals surface area contributed by atoms with E-state index in [0.717, 1.165) is 17.3 Å². The predicted molar refractivity (Wildman–Crippen MR) is 79.3 cm³/mol. The van der Waals surface area contributed by atoms with Crippen molar-refractivity contribution in [2.45, 2.75) is 25.4 Å². The highest BCUT2D eigenvalue weighted by Crippen LogP contribution is 2.22. The molecule has 1 atom stereocenters. The molecule has 0 aliphatic carbocycles. The topological polar surface area (TPSA) is 62.5 Å². The molecule has 1 aromatic carbocycles. The predicted octanol–water partition coefficient (Wildman–Crippen LogP) is 2.37. The summed E-state index contributed by atoms with van der Waals surface area (Å²) in [6.45, 7) is 0.642. The van der Waals surface area contributed by atoms with Crippen LogP contribution in [0.2, 0.25) is 5.02 Å². The lowest BCUT2D eigenvalue weighted by Gasteiger charge is -2.21. The first-order valence-electron chi connectivity index (χ1n) is 6.83. The minimum absolute atomic E-state index is 0.133. The van der Waals surface area contributed by atoms with Crippen LogP contribution in [0.1, 0.15) is 12.8 Å². The largest absolute Gasteiger partial charge is 0.480 e. The van der Waals surface area contributed by atoms with Crippen LogP contribution in [0.15, 0.2) is 30.5 Å². The number of benzene rings is 1. The van der Waals surface area contributed by atoms with Crippen LogP contribution in [0.4, 0.5) is 0 Å². The molecule has 1 amide bonds. The number of carboxylic acid groups (broad SMARTS) is 1. The molecule has 1 saturated heterocycles. The van der Waals surface area contributed by atoms with Gasteiger partial charge in [0, 0.05) is 23.3 Å². The number of carbonyl (C=O) groups excluding carboxylic acids is 1. The second-order valence-corrected chi connectivity index (χ2v) is 5.67. The van der Waals surface area contributed by atoms with E-state index < -0.39 is 12.0 Å². The number of nitrogens with zero attached hydrogens (tertiary/aromatic N) is 2. The van der Waals surface area contributed by atoms with E-state index in [1.165, 1.54) is 4.90 Å². The van der Waals surface area contributed by atoms with Gasteiger partial charge < -0.3 is 14.6 Å². The average Bonchev–Trinajstić information content (AvgIpc) is 3.06. The Labute approximate surface area is 126 Å². The van der Waals surface area contributed by atoms with Crippen LogP contribution in [-0.2, 0) is 16.1 Å². The van der Waals surface area contributed by atoms with Crippen LogP contribution in [0.5, 0.6) is 0 Å². The lowest BCUT2D eigenvalue weighted by atomic mass is 10.2. The number of rotatable bonds is 3. The quantitative estimate of drug-likeness (QED) is 0.947. The first-order chi connectivity index (χ1) is 10.1. The molecule has 6 heteroatoms. The standard InChI is InChI=1S/C15H15ClN2O3/c16-11-4-3-10-5-7-17(13(10)8-11)9-14(19)18-6-1-2-12(18)15(20)21/h3-5,7-8,12H,1-2,6,9H2,(H,20,21).